The van der Waals surface area contributed by atoms with Crippen molar-refractivity contribution in [3.8, 4) is 10.6 Å². The van der Waals surface area contributed by atoms with Gasteiger partial charge in [0.25, 0.3) is 5.91 Å². The maximum atomic E-state index is 12.5. The van der Waals surface area contributed by atoms with Crippen LogP contribution in [0.5, 0.6) is 0 Å². The summed E-state index contributed by atoms with van der Waals surface area (Å²) in [6.45, 7) is 0.162. The molecule has 2 N–H and O–H groups in total. The van der Waals surface area contributed by atoms with Crippen molar-refractivity contribution in [1.29, 1.82) is 0 Å². The molecule has 4 rings (SSSR count). The number of aryl methyl sites for hydroxylation is 1. The second-order valence-corrected chi connectivity index (χ2v) is 7.64. The van der Waals surface area contributed by atoms with E-state index in [9.17, 15) is 9.90 Å². The van der Waals surface area contributed by atoms with Crippen LogP contribution in [0.15, 0.2) is 18.6 Å². The van der Waals surface area contributed by atoms with Crippen molar-refractivity contribution >= 4 is 17.2 Å². The van der Waals surface area contributed by atoms with E-state index in [1.165, 1.54) is 17.8 Å². The first-order chi connectivity index (χ1) is 11.2. The number of aliphatic hydroxyl groups is 1. The summed E-state index contributed by atoms with van der Waals surface area (Å²) in [5.74, 6) is 1.23. The zero-order valence-electron chi connectivity index (χ0n) is 13.0. The van der Waals surface area contributed by atoms with Crippen molar-refractivity contribution in [2.75, 3.05) is 6.61 Å². The van der Waals surface area contributed by atoms with Gasteiger partial charge in [0.2, 0.25) is 0 Å². The summed E-state index contributed by atoms with van der Waals surface area (Å²) in [4.78, 5) is 17.5. The quantitative estimate of drug-likeness (QED) is 0.893. The lowest BCUT2D eigenvalue weighted by molar-refractivity contribution is 0.0865. The van der Waals surface area contributed by atoms with Crippen molar-refractivity contribution < 1.29 is 9.90 Å². The van der Waals surface area contributed by atoms with Crippen molar-refractivity contribution in [1.82, 2.24) is 20.1 Å². The number of aliphatic hydroxyl groups excluding tert-OH is 1. The minimum Gasteiger partial charge on any atom is -0.396 e. The van der Waals surface area contributed by atoms with E-state index in [0.29, 0.717) is 16.7 Å². The number of nitrogens with zero attached hydrogens (tertiary/aromatic N) is 3. The molecule has 7 heteroatoms. The van der Waals surface area contributed by atoms with E-state index in [1.807, 2.05) is 13.2 Å². The lowest BCUT2D eigenvalue weighted by atomic mass is 9.85. The molecule has 2 aliphatic carbocycles. The van der Waals surface area contributed by atoms with E-state index in [1.54, 1.807) is 17.1 Å². The Morgan fingerprint density at radius 1 is 1.43 bits per heavy atom. The maximum Gasteiger partial charge on any atom is 0.263 e. The Bertz CT molecular complexity index is 725. The SMILES string of the molecule is Cn1cc(-c2ncc(C(=O)NC3C4CCC(C4)C3CO)s2)cn1. The Hall–Kier alpha value is -1.73. The molecular formula is C16H20N4O2S. The molecule has 2 fully saturated rings. The van der Waals surface area contributed by atoms with Crippen molar-refractivity contribution in [2.45, 2.75) is 25.3 Å². The van der Waals surface area contributed by atoms with E-state index < -0.39 is 0 Å². The van der Waals surface area contributed by atoms with E-state index in [0.717, 1.165) is 23.4 Å². The lowest BCUT2D eigenvalue weighted by Gasteiger charge is -2.30. The number of carbonyl (C=O) groups is 1. The van der Waals surface area contributed by atoms with Crippen molar-refractivity contribution in [3.05, 3.63) is 23.5 Å². The molecule has 2 aliphatic rings. The normalized spacial score (nSPS) is 29.1. The zero-order chi connectivity index (χ0) is 16.0. The molecule has 0 aromatic carbocycles. The topological polar surface area (TPSA) is 80.0 Å². The number of thiazole rings is 1. The van der Waals surface area contributed by atoms with Gasteiger partial charge in [0, 0.05) is 37.4 Å². The Balaban J connectivity index is 1.48. The number of fused-ring (bicyclic) bond motifs is 2. The lowest BCUT2D eigenvalue weighted by Crippen LogP contribution is -2.45. The van der Waals surface area contributed by atoms with Gasteiger partial charge in [0.15, 0.2) is 0 Å². The van der Waals surface area contributed by atoms with E-state index >= 15 is 0 Å². The van der Waals surface area contributed by atoms with Gasteiger partial charge < -0.3 is 10.4 Å². The van der Waals surface area contributed by atoms with Crippen LogP contribution >= 0.6 is 11.3 Å². The first-order valence-corrected chi connectivity index (χ1v) is 8.84. The maximum absolute atomic E-state index is 12.5. The van der Waals surface area contributed by atoms with Crippen LogP contribution in [-0.4, -0.2) is 38.4 Å². The summed E-state index contributed by atoms with van der Waals surface area (Å²) >= 11 is 1.38. The number of carbonyl (C=O) groups excluding carboxylic acids is 1. The van der Waals surface area contributed by atoms with E-state index in [4.69, 9.17) is 0 Å². The van der Waals surface area contributed by atoms with E-state index in [-0.39, 0.29) is 24.5 Å². The van der Waals surface area contributed by atoms with Gasteiger partial charge in [-0.1, -0.05) is 0 Å². The van der Waals surface area contributed by atoms with Crippen LogP contribution in [-0.2, 0) is 7.05 Å². The van der Waals surface area contributed by atoms with Crippen LogP contribution in [0.25, 0.3) is 10.6 Å². The van der Waals surface area contributed by atoms with Crippen molar-refractivity contribution in [2.24, 2.45) is 24.8 Å². The van der Waals surface area contributed by atoms with Gasteiger partial charge in [-0.3, -0.25) is 9.48 Å². The molecule has 2 saturated carbocycles. The molecule has 0 saturated heterocycles. The van der Waals surface area contributed by atoms with Crippen LogP contribution in [0.1, 0.15) is 28.9 Å². The summed E-state index contributed by atoms with van der Waals surface area (Å²) in [7, 11) is 1.86. The number of hydrogen-bond donors (Lipinski definition) is 2. The van der Waals surface area contributed by atoms with Gasteiger partial charge in [0.1, 0.15) is 9.88 Å². The average molecular weight is 332 g/mol. The van der Waals surface area contributed by atoms with Crippen LogP contribution in [0, 0.1) is 17.8 Å². The fourth-order valence-electron chi connectivity index (χ4n) is 4.16. The summed E-state index contributed by atoms with van der Waals surface area (Å²) in [5.41, 5.74) is 0.921. The van der Waals surface area contributed by atoms with Gasteiger partial charge in [0.05, 0.1) is 12.4 Å². The standard InChI is InChI=1S/C16H20N4O2S/c1-20-7-11(5-18-20)16-17-6-13(23-16)15(22)19-14-10-3-2-9(4-10)12(14)8-21/h5-7,9-10,12,14,21H,2-4,8H2,1H3,(H,19,22). The first-order valence-electron chi connectivity index (χ1n) is 8.02. The first kappa shape index (κ1) is 14.8. The minimum atomic E-state index is -0.0753. The highest BCUT2D eigenvalue weighted by Gasteiger charge is 2.47. The Kier molecular flexibility index (Phi) is 3.69. The average Bonchev–Trinajstić information content (AvgIpc) is 3.30. The predicted molar refractivity (Wildman–Crippen MR) is 87.0 cm³/mol. The summed E-state index contributed by atoms with van der Waals surface area (Å²) < 4.78 is 1.72. The molecule has 0 radical (unpaired) electrons. The third-order valence-electron chi connectivity index (χ3n) is 5.28. The highest BCUT2D eigenvalue weighted by atomic mass is 32.1. The smallest absolute Gasteiger partial charge is 0.263 e. The summed E-state index contributed by atoms with van der Waals surface area (Å²) in [6, 6.07) is 0.107. The third-order valence-corrected chi connectivity index (χ3v) is 6.32. The molecule has 2 aromatic heterocycles. The Morgan fingerprint density at radius 3 is 3.00 bits per heavy atom. The highest BCUT2D eigenvalue weighted by molar-refractivity contribution is 7.16. The number of rotatable bonds is 4. The molecule has 2 bridgehead atoms. The summed E-state index contributed by atoms with van der Waals surface area (Å²) in [5, 5.41) is 17.7. The largest absolute Gasteiger partial charge is 0.396 e. The number of hydrogen-bond acceptors (Lipinski definition) is 5. The van der Waals surface area contributed by atoms with Gasteiger partial charge in [-0.25, -0.2) is 4.98 Å². The zero-order valence-corrected chi connectivity index (χ0v) is 13.8. The molecule has 1 amide bonds. The van der Waals surface area contributed by atoms with Gasteiger partial charge in [-0.05, 0) is 31.1 Å². The highest BCUT2D eigenvalue weighted by Crippen LogP contribution is 2.48. The molecule has 0 aliphatic heterocycles. The molecule has 23 heavy (non-hydrogen) atoms. The van der Waals surface area contributed by atoms with Crippen molar-refractivity contribution in [3.63, 3.8) is 0 Å². The minimum absolute atomic E-state index is 0.0753. The van der Waals surface area contributed by atoms with Gasteiger partial charge >= 0.3 is 0 Å². The fraction of sp³-hybridized carbons (Fsp3) is 0.562. The van der Waals surface area contributed by atoms with Crippen LogP contribution in [0.2, 0.25) is 0 Å². The molecular weight excluding hydrogens is 312 g/mol. The molecule has 0 spiro atoms. The molecule has 4 atom stereocenters. The Morgan fingerprint density at radius 2 is 2.26 bits per heavy atom. The molecule has 4 unspecified atom stereocenters. The number of nitrogens with one attached hydrogen (secondary N) is 1. The second-order valence-electron chi connectivity index (χ2n) is 6.61. The Labute approximate surface area is 138 Å². The molecule has 6 nitrogen and oxygen atoms in total. The molecule has 2 aromatic rings. The predicted octanol–water partition coefficient (Wildman–Crippen LogP) is 1.68. The van der Waals surface area contributed by atoms with Gasteiger partial charge in [-0.15, -0.1) is 11.3 Å². The molecule has 122 valence electrons. The molecule has 2 heterocycles. The van der Waals surface area contributed by atoms with Crippen LogP contribution < -0.4 is 5.32 Å². The van der Waals surface area contributed by atoms with Gasteiger partial charge in [-0.2, -0.15) is 5.10 Å². The number of aromatic nitrogens is 3. The van der Waals surface area contributed by atoms with Crippen LogP contribution in [0.4, 0.5) is 0 Å². The third kappa shape index (κ3) is 2.57. The monoisotopic (exact) mass is 332 g/mol. The number of amides is 1. The van der Waals surface area contributed by atoms with E-state index in [2.05, 4.69) is 15.4 Å². The van der Waals surface area contributed by atoms with Crippen LogP contribution in [0.3, 0.4) is 0 Å². The summed E-state index contributed by atoms with van der Waals surface area (Å²) in [6.07, 6.45) is 8.75. The second kappa shape index (κ2) is 5.72. The fourth-order valence-corrected chi connectivity index (χ4v) is 4.96.